The lowest BCUT2D eigenvalue weighted by Gasteiger charge is -2.28. The van der Waals surface area contributed by atoms with Gasteiger partial charge in [-0.2, -0.15) is 0 Å². The Morgan fingerprint density at radius 1 is 1.02 bits per heavy atom. The molecule has 0 fully saturated rings. The fourth-order valence-corrected chi connectivity index (χ4v) is 5.98. The van der Waals surface area contributed by atoms with Crippen LogP contribution in [0.4, 0.5) is 8.78 Å². The van der Waals surface area contributed by atoms with E-state index >= 15 is 4.39 Å². The molecule has 4 rings (SSSR count). The molecule has 0 saturated heterocycles. The highest BCUT2D eigenvalue weighted by Gasteiger charge is 2.30. The molecule has 1 aromatic heterocycles. The molecule has 11 heteroatoms. The minimum Gasteiger partial charge on any atom is -0.494 e. The van der Waals surface area contributed by atoms with Gasteiger partial charge in [-0.25, -0.2) is 13.8 Å². The van der Waals surface area contributed by atoms with E-state index in [1.54, 1.807) is 30.5 Å². The van der Waals surface area contributed by atoms with E-state index in [0.717, 1.165) is 17.7 Å². The lowest BCUT2D eigenvalue weighted by Crippen LogP contribution is -2.24. The molecule has 0 aliphatic heterocycles. The van der Waals surface area contributed by atoms with Gasteiger partial charge in [-0.1, -0.05) is 73.4 Å². The van der Waals surface area contributed by atoms with Crippen LogP contribution in [0, 0.1) is 11.6 Å². The van der Waals surface area contributed by atoms with E-state index in [-0.39, 0.29) is 33.6 Å². The molecule has 216 valence electrons. The molecular weight excluding hydrogens is 611 g/mol. The molecule has 41 heavy (non-hydrogen) atoms. The Bertz CT molecular complexity index is 1570. The van der Waals surface area contributed by atoms with Gasteiger partial charge in [-0.3, -0.25) is 9.36 Å². The molecule has 0 aliphatic rings. The van der Waals surface area contributed by atoms with Gasteiger partial charge in [0.05, 0.1) is 34.7 Å². The lowest BCUT2D eigenvalue weighted by atomic mass is 9.81. The Balaban J connectivity index is 1.75. The number of carbonyl (C=O) groups is 1. The maximum absolute atomic E-state index is 15.2. The number of nitrogens with zero attached hydrogens (tertiary/aromatic N) is 2. The van der Waals surface area contributed by atoms with Crippen LogP contribution in [0.25, 0.3) is 5.69 Å². The van der Waals surface area contributed by atoms with E-state index in [2.05, 4.69) is 10.3 Å². The van der Waals surface area contributed by atoms with Gasteiger partial charge in [0.2, 0.25) is 0 Å². The fraction of sp³-hybridized carbons (Fsp3) is 0.267. The summed E-state index contributed by atoms with van der Waals surface area (Å²) >= 11 is 20.2. The summed E-state index contributed by atoms with van der Waals surface area (Å²) in [6.07, 6.45) is 2.48. The van der Waals surface area contributed by atoms with Crippen LogP contribution >= 0.6 is 46.6 Å². The monoisotopic (exact) mass is 637 g/mol. The second kappa shape index (κ2) is 13.0. The van der Waals surface area contributed by atoms with Crippen molar-refractivity contribution in [1.29, 1.82) is 0 Å². The summed E-state index contributed by atoms with van der Waals surface area (Å²) in [5.74, 6) is -1.29. The van der Waals surface area contributed by atoms with E-state index in [1.165, 1.54) is 37.1 Å². The number of benzene rings is 3. The predicted molar refractivity (Wildman–Crippen MR) is 162 cm³/mol. The van der Waals surface area contributed by atoms with Gasteiger partial charge in [-0.15, -0.1) is 0 Å². The number of hydrogen-bond acceptors (Lipinski definition) is 4. The van der Waals surface area contributed by atoms with Gasteiger partial charge < -0.3 is 10.1 Å². The van der Waals surface area contributed by atoms with Crippen molar-refractivity contribution in [3.8, 4) is 11.4 Å². The first kappa shape index (κ1) is 31.2. The Morgan fingerprint density at radius 2 is 1.78 bits per heavy atom. The van der Waals surface area contributed by atoms with Gasteiger partial charge in [0, 0.05) is 39.9 Å². The molecule has 0 spiro atoms. The molecule has 0 unspecified atom stereocenters. The van der Waals surface area contributed by atoms with E-state index in [4.69, 9.17) is 39.5 Å². The van der Waals surface area contributed by atoms with E-state index in [0.29, 0.717) is 27.4 Å². The van der Waals surface area contributed by atoms with Crippen molar-refractivity contribution < 1.29 is 18.3 Å². The van der Waals surface area contributed by atoms with Crippen molar-refractivity contribution in [2.45, 2.75) is 43.5 Å². The van der Waals surface area contributed by atoms with Gasteiger partial charge in [0.1, 0.15) is 5.82 Å². The minimum absolute atomic E-state index is 0.0662. The van der Waals surface area contributed by atoms with Gasteiger partial charge >= 0.3 is 0 Å². The van der Waals surface area contributed by atoms with Gasteiger partial charge in [0.15, 0.2) is 16.7 Å². The number of amides is 1. The first-order chi connectivity index (χ1) is 19.5. The number of nitrogens with one attached hydrogen (secondary N) is 1. The van der Waals surface area contributed by atoms with Crippen molar-refractivity contribution in [3.63, 3.8) is 0 Å². The molecule has 0 radical (unpaired) electrons. The Kier molecular flexibility index (Phi) is 9.90. The predicted octanol–water partition coefficient (Wildman–Crippen LogP) is 8.88. The lowest BCUT2D eigenvalue weighted by molar-refractivity contribution is 0.0953. The van der Waals surface area contributed by atoms with Crippen LogP contribution in [-0.4, -0.2) is 29.1 Å². The van der Waals surface area contributed by atoms with Crippen LogP contribution in [-0.2, 0) is 11.2 Å². The summed E-state index contributed by atoms with van der Waals surface area (Å²) in [5, 5.41) is 4.22. The smallest absolute Gasteiger partial charge is 0.251 e. The van der Waals surface area contributed by atoms with E-state index in [9.17, 15) is 9.18 Å². The fourth-order valence-electron chi connectivity index (χ4n) is 4.30. The number of halogens is 5. The highest BCUT2D eigenvalue weighted by Crippen LogP contribution is 2.39. The molecule has 4 aromatic rings. The van der Waals surface area contributed by atoms with Gasteiger partial charge in [-0.05, 0) is 48.4 Å². The number of imidazole rings is 1. The molecule has 1 amide bonds. The number of thioether (sulfide) groups is 1. The van der Waals surface area contributed by atoms with Crippen LogP contribution in [0.5, 0.6) is 5.75 Å². The van der Waals surface area contributed by atoms with Crippen molar-refractivity contribution in [2.24, 2.45) is 0 Å². The Hall–Kier alpha value is -2.78. The summed E-state index contributed by atoms with van der Waals surface area (Å²) in [7, 11) is 1.39. The largest absolute Gasteiger partial charge is 0.494 e. The Morgan fingerprint density at radius 3 is 2.44 bits per heavy atom. The number of hydrogen-bond donors (Lipinski definition) is 1. The number of carbonyl (C=O) groups excluding carboxylic acids is 1. The number of rotatable bonds is 10. The van der Waals surface area contributed by atoms with Crippen LogP contribution in [0.2, 0.25) is 15.1 Å². The SMILES string of the molecule is CCCNC(=O)c1cc(F)c(CSc2ncc(C(C)(C)c3ccc(Cl)c(Cl)c3)n2-c2ccc(F)c(OC)c2)c(Cl)c1. The van der Waals surface area contributed by atoms with E-state index in [1.807, 2.05) is 31.4 Å². The number of aromatic nitrogens is 2. The zero-order valence-corrected chi connectivity index (χ0v) is 25.9. The van der Waals surface area contributed by atoms with Crippen LogP contribution < -0.4 is 10.1 Å². The van der Waals surface area contributed by atoms with Crippen LogP contribution in [0.3, 0.4) is 0 Å². The second-order valence-corrected chi connectivity index (χ2v) is 12.0. The molecule has 1 heterocycles. The average molecular weight is 639 g/mol. The third kappa shape index (κ3) is 6.67. The van der Waals surface area contributed by atoms with Crippen molar-refractivity contribution in [1.82, 2.24) is 14.9 Å². The molecule has 0 aliphatic carbocycles. The molecule has 0 bridgehead atoms. The number of ether oxygens (including phenoxy) is 1. The third-order valence-corrected chi connectivity index (χ3v) is 8.74. The zero-order chi connectivity index (χ0) is 29.9. The molecule has 5 nitrogen and oxygen atoms in total. The quantitative estimate of drug-likeness (QED) is 0.176. The summed E-state index contributed by atoms with van der Waals surface area (Å²) in [5.41, 5.74) is 2.01. The first-order valence-corrected chi connectivity index (χ1v) is 14.9. The van der Waals surface area contributed by atoms with Crippen LogP contribution in [0.15, 0.2) is 59.9 Å². The van der Waals surface area contributed by atoms with E-state index < -0.39 is 17.0 Å². The Labute approximate surface area is 257 Å². The second-order valence-electron chi connectivity index (χ2n) is 9.80. The summed E-state index contributed by atoms with van der Waals surface area (Å²) < 4.78 is 36.6. The van der Waals surface area contributed by atoms with Crippen LogP contribution in [0.1, 0.15) is 54.4 Å². The van der Waals surface area contributed by atoms with Crippen molar-refractivity contribution >= 4 is 52.5 Å². The zero-order valence-electron chi connectivity index (χ0n) is 22.8. The minimum atomic E-state index is -0.627. The average Bonchev–Trinajstić information content (AvgIpc) is 3.37. The highest BCUT2D eigenvalue weighted by molar-refractivity contribution is 7.98. The maximum Gasteiger partial charge on any atom is 0.251 e. The summed E-state index contributed by atoms with van der Waals surface area (Å²) in [4.78, 5) is 17.0. The molecular formula is C30H28Cl3F2N3O2S. The van der Waals surface area contributed by atoms with Gasteiger partial charge in [0.25, 0.3) is 5.91 Å². The molecule has 0 atom stereocenters. The number of methoxy groups -OCH3 is 1. The standard InChI is InChI=1S/C30H28Cl3F2N3O2S/c1-5-10-36-28(39)17-11-22(32)20(25(35)12-17)16-41-29-37-15-27(30(2,3)18-6-8-21(31)23(33)13-18)38(29)19-7-9-24(34)26(14-19)40-4/h6-9,11-15H,5,10,16H2,1-4H3,(H,36,39). The van der Waals surface area contributed by atoms with Crippen molar-refractivity contribution in [3.05, 3.63) is 104 Å². The topological polar surface area (TPSA) is 56.2 Å². The molecule has 0 saturated carbocycles. The van der Waals surface area contributed by atoms with Crippen molar-refractivity contribution in [2.75, 3.05) is 13.7 Å². The normalized spacial score (nSPS) is 11.5. The highest BCUT2D eigenvalue weighted by atomic mass is 35.5. The molecule has 1 N–H and O–H groups in total. The third-order valence-electron chi connectivity index (χ3n) is 6.69. The first-order valence-electron chi connectivity index (χ1n) is 12.7. The summed E-state index contributed by atoms with van der Waals surface area (Å²) in [6.45, 7) is 6.42. The summed E-state index contributed by atoms with van der Waals surface area (Å²) in [6, 6.07) is 12.6. The molecule has 3 aromatic carbocycles. The maximum atomic E-state index is 15.2.